The van der Waals surface area contributed by atoms with Gasteiger partial charge in [-0.15, -0.1) is 0 Å². The first-order chi connectivity index (χ1) is 15.5. The van der Waals surface area contributed by atoms with E-state index in [0.717, 1.165) is 22.3 Å². The number of carbonyl (C=O) groups is 3. The molecule has 3 rings (SSSR count). The number of nitrogens with one attached hydrogen (secondary N) is 2. The molecule has 170 valence electrons. The number of hydrogen-bond donors (Lipinski definition) is 3. The Kier molecular flexibility index (Phi) is 8.21. The van der Waals surface area contributed by atoms with Crippen molar-refractivity contribution in [2.75, 3.05) is 26.4 Å². The van der Waals surface area contributed by atoms with Crippen LogP contribution in [-0.2, 0) is 19.1 Å². The molecule has 0 aliphatic heterocycles. The summed E-state index contributed by atoms with van der Waals surface area (Å²) in [4.78, 5) is 34.6. The van der Waals surface area contributed by atoms with E-state index in [-0.39, 0.29) is 51.0 Å². The quantitative estimate of drug-likeness (QED) is 0.463. The summed E-state index contributed by atoms with van der Waals surface area (Å²) in [5.41, 5.74) is 4.60. The zero-order chi connectivity index (χ0) is 22.9. The number of alkyl carbamates (subject to hydrolysis) is 1. The molecule has 1 aliphatic rings. The van der Waals surface area contributed by atoms with Gasteiger partial charge in [-0.25, -0.2) is 4.79 Å². The van der Waals surface area contributed by atoms with Crippen molar-refractivity contribution in [3.8, 4) is 11.1 Å². The second kappa shape index (κ2) is 11.3. The van der Waals surface area contributed by atoms with Crippen LogP contribution in [0.2, 0.25) is 0 Å². The molecule has 32 heavy (non-hydrogen) atoms. The minimum Gasteiger partial charge on any atom is -0.481 e. The van der Waals surface area contributed by atoms with E-state index in [4.69, 9.17) is 14.6 Å². The SMILES string of the molecule is C[C@@H](CC(=O)NCCOCCC(=O)O)NC(=O)OCC1c2ccccc2-c2ccccc21. The molecule has 1 atom stereocenters. The van der Waals surface area contributed by atoms with Crippen molar-refractivity contribution in [1.29, 1.82) is 0 Å². The van der Waals surface area contributed by atoms with Crippen LogP contribution >= 0.6 is 0 Å². The molecule has 8 nitrogen and oxygen atoms in total. The van der Waals surface area contributed by atoms with E-state index in [9.17, 15) is 14.4 Å². The zero-order valence-electron chi connectivity index (χ0n) is 18.0. The van der Waals surface area contributed by atoms with Crippen LogP contribution in [-0.4, -0.2) is 55.5 Å². The number of carboxylic acid groups (broad SMARTS) is 1. The normalized spacial score (nSPS) is 13.0. The molecule has 0 fully saturated rings. The van der Waals surface area contributed by atoms with E-state index >= 15 is 0 Å². The molecular formula is C24H28N2O6. The fourth-order valence-electron chi connectivity index (χ4n) is 3.77. The molecule has 2 amide bonds. The minimum absolute atomic E-state index is 0.0205. The van der Waals surface area contributed by atoms with Gasteiger partial charge >= 0.3 is 12.1 Å². The lowest BCUT2D eigenvalue weighted by Crippen LogP contribution is -2.38. The summed E-state index contributed by atoms with van der Waals surface area (Å²) in [6.07, 6.45) is -0.543. The van der Waals surface area contributed by atoms with Gasteiger partial charge in [0.15, 0.2) is 0 Å². The lowest BCUT2D eigenvalue weighted by atomic mass is 9.98. The molecule has 0 saturated carbocycles. The molecule has 0 unspecified atom stereocenters. The van der Waals surface area contributed by atoms with Crippen LogP contribution < -0.4 is 10.6 Å². The highest BCUT2D eigenvalue weighted by atomic mass is 16.5. The smallest absolute Gasteiger partial charge is 0.407 e. The first-order valence-electron chi connectivity index (χ1n) is 10.6. The predicted molar refractivity (Wildman–Crippen MR) is 118 cm³/mol. The van der Waals surface area contributed by atoms with Crippen LogP contribution in [0.15, 0.2) is 48.5 Å². The molecule has 1 aliphatic carbocycles. The van der Waals surface area contributed by atoms with Crippen molar-refractivity contribution in [2.24, 2.45) is 0 Å². The maximum absolute atomic E-state index is 12.3. The number of carbonyl (C=O) groups excluding carboxylic acids is 2. The van der Waals surface area contributed by atoms with Crippen LogP contribution in [0.25, 0.3) is 11.1 Å². The Hall–Kier alpha value is -3.39. The van der Waals surface area contributed by atoms with Crippen molar-refractivity contribution in [2.45, 2.75) is 31.7 Å². The number of rotatable bonds is 11. The van der Waals surface area contributed by atoms with E-state index in [0.29, 0.717) is 0 Å². The van der Waals surface area contributed by atoms with Crippen molar-refractivity contribution >= 4 is 18.0 Å². The number of carboxylic acids is 1. The molecule has 2 aromatic carbocycles. The molecule has 0 radical (unpaired) electrons. The number of aliphatic carboxylic acids is 1. The number of benzene rings is 2. The summed E-state index contributed by atoms with van der Waals surface area (Å²) < 4.78 is 10.6. The Morgan fingerprint density at radius 2 is 1.62 bits per heavy atom. The van der Waals surface area contributed by atoms with Crippen LogP contribution in [0.5, 0.6) is 0 Å². The fraction of sp³-hybridized carbons (Fsp3) is 0.375. The van der Waals surface area contributed by atoms with Crippen molar-refractivity contribution < 1.29 is 29.0 Å². The number of amides is 2. The second-order valence-corrected chi connectivity index (χ2v) is 7.68. The van der Waals surface area contributed by atoms with E-state index in [1.165, 1.54) is 0 Å². The van der Waals surface area contributed by atoms with Gasteiger partial charge in [0.1, 0.15) is 6.61 Å². The average molecular weight is 440 g/mol. The molecule has 0 aromatic heterocycles. The summed E-state index contributed by atoms with van der Waals surface area (Å²) in [6.45, 7) is 2.55. The maximum atomic E-state index is 12.3. The van der Waals surface area contributed by atoms with Crippen molar-refractivity contribution in [3.63, 3.8) is 0 Å². The minimum atomic E-state index is -0.929. The third kappa shape index (κ3) is 6.31. The van der Waals surface area contributed by atoms with E-state index in [1.807, 2.05) is 24.3 Å². The number of hydrogen-bond acceptors (Lipinski definition) is 5. The van der Waals surface area contributed by atoms with Gasteiger partial charge in [-0.2, -0.15) is 0 Å². The Balaban J connectivity index is 1.40. The number of fused-ring (bicyclic) bond motifs is 3. The van der Waals surface area contributed by atoms with Gasteiger partial charge in [-0.1, -0.05) is 48.5 Å². The third-order valence-electron chi connectivity index (χ3n) is 5.23. The first kappa shape index (κ1) is 23.3. The summed E-state index contributed by atoms with van der Waals surface area (Å²) in [5, 5.41) is 13.9. The number of ether oxygens (including phenoxy) is 2. The average Bonchev–Trinajstić information content (AvgIpc) is 3.08. The van der Waals surface area contributed by atoms with E-state index in [2.05, 4.69) is 34.9 Å². The van der Waals surface area contributed by atoms with Gasteiger partial charge in [0, 0.05) is 24.9 Å². The summed E-state index contributed by atoms with van der Waals surface area (Å²) in [5.74, 6) is -1.19. The van der Waals surface area contributed by atoms with Crippen LogP contribution in [0.1, 0.15) is 36.8 Å². The summed E-state index contributed by atoms with van der Waals surface area (Å²) in [7, 11) is 0. The summed E-state index contributed by atoms with van der Waals surface area (Å²) >= 11 is 0. The largest absolute Gasteiger partial charge is 0.481 e. The zero-order valence-corrected chi connectivity index (χ0v) is 18.0. The van der Waals surface area contributed by atoms with Gasteiger partial charge in [-0.05, 0) is 29.2 Å². The Labute approximate surface area is 186 Å². The monoisotopic (exact) mass is 440 g/mol. The highest BCUT2D eigenvalue weighted by Gasteiger charge is 2.29. The van der Waals surface area contributed by atoms with Gasteiger partial charge in [0.2, 0.25) is 5.91 Å². The molecule has 3 N–H and O–H groups in total. The fourth-order valence-corrected chi connectivity index (χ4v) is 3.77. The molecular weight excluding hydrogens is 412 g/mol. The molecule has 8 heteroatoms. The highest BCUT2D eigenvalue weighted by Crippen LogP contribution is 2.44. The lowest BCUT2D eigenvalue weighted by Gasteiger charge is -2.17. The molecule has 2 aromatic rings. The van der Waals surface area contributed by atoms with Gasteiger partial charge < -0.3 is 25.2 Å². The third-order valence-corrected chi connectivity index (χ3v) is 5.23. The second-order valence-electron chi connectivity index (χ2n) is 7.68. The van der Waals surface area contributed by atoms with Crippen molar-refractivity contribution in [3.05, 3.63) is 59.7 Å². The Morgan fingerprint density at radius 3 is 2.25 bits per heavy atom. The molecule has 0 saturated heterocycles. The van der Waals surface area contributed by atoms with Gasteiger partial charge in [-0.3, -0.25) is 9.59 Å². The van der Waals surface area contributed by atoms with Crippen LogP contribution in [0.4, 0.5) is 4.79 Å². The van der Waals surface area contributed by atoms with Crippen LogP contribution in [0, 0.1) is 0 Å². The molecule has 0 heterocycles. The first-order valence-corrected chi connectivity index (χ1v) is 10.6. The Morgan fingerprint density at radius 1 is 1.00 bits per heavy atom. The highest BCUT2D eigenvalue weighted by molar-refractivity contribution is 5.79. The van der Waals surface area contributed by atoms with Crippen molar-refractivity contribution in [1.82, 2.24) is 10.6 Å². The van der Waals surface area contributed by atoms with Gasteiger partial charge in [0.05, 0.1) is 19.6 Å². The van der Waals surface area contributed by atoms with Gasteiger partial charge in [0.25, 0.3) is 0 Å². The van der Waals surface area contributed by atoms with E-state index in [1.54, 1.807) is 6.92 Å². The Bertz CT molecular complexity index is 916. The molecule has 0 bridgehead atoms. The predicted octanol–water partition coefficient (Wildman–Crippen LogP) is 2.91. The summed E-state index contributed by atoms with van der Waals surface area (Å²) in [6, 6.07) is 15.8. The lowest BCUT2D eigenvalue weighted by molar-refractivity contribution is -0.138. The topological polar surface area (TPSA) is 114 Å². The molecule has 0 spiro atoms. The van der Waals surface area contributed by atoms with Crippen LogP contribution in [0.3, 0.4) is 0 Å². The standard InChI is InChI=1S/C24H28N2O6/c1-16(14-22(27)25-11-13-31-12-10-23(28)29)26-24(30)32-15-21-19-8-4-2-6-17(19)18-7-3-5-9-20(18)21/h2-9,16,21H,10-15H2,1H3,(H,25,27)(H,26,30)(H,28,29)/t16-/m0/s1. The van der Waals surface area contributed by atoms with E-state index < -0.39 is 18.1 Å². The maximum Gasteiger partial charge on any atom is 0.407 e.